The third-order valence-corrected chi connectivity index (χ3v) is 12.0. The first-order valence-corrected chi connectivity index (χ1v) is 15.4. The number of ether oxygens (including phenoxy) is 1. The first-order chi connectivity index (χ1) is 16.5. The Morgan fingerprint density at radius 1 is 1.17 bits per heavy atom. The van der Waals surface area contributed by atoms with Gasteiger partial charge in [0, 0.05) is 31.8 Å². The van der Waals surface area contributed by atoms with Crippen LogP contribution in [0.1, 0.15) is 55.5 Å². The van der Waals surface area contributed by atoms with Gasteiger partial charge in [-0.25, -0.2) is 9.18 Å². The van der Waals surface area contributed by atoms with Crippen LogP contribution in [-0.2, 0) is 26.8 Å². The van der Waals surface area contributed by atoms with Crippen LogP contribution in [0, 0.1) is 5.82 Å². The highest BCUT2D eigenvalue weighted by Crippen LogP contribution is 2.38. The van der Waals surface area contributed by atoms with E-state index in [0.717, 1.165) is 43.5 Å². The molecule has 0 amide bonds. The van der Waals surface area contributed by atoms with Crippen LogP contribution in [0.4, 0.5) is 4.39 Å². The summed E-state index contributed by atoms with van der Waals surface area (Å²) in [6.45, 7) is 13.8. The van der Waals surface area contributed by atoms with Gasteiger partial charge in [-0.3, -0.25) is 4.90 Å². The van der Waals surface area contributed by atoms with Gasteiger partial charge in [-0.15, -0.1) is 0 Å². The van der Waals surface area contributed by atoms with E-state index in [2.05, 4.69) is 57.0 Å². The number of fused-ring (bicyclic) bond motifs is 1. The molecule has 1 aliphatic rings. The summed E-state index contributed by atoms with van der Waals surface area (Å²) >= 11 is 0. The topological polar surface area (TPSA) is 38.8 Å². The molecule has 0 spiro atoms. The van der Waals surface area contributed by atoms with Crippen molar-refractivity contribution in [2.24, 2.45) is 0 Å². The average Bonchev–Trinajstić information content (AvgIpc) is 3.22. The number of nitrogens with zero attached hydrogens (tertiary/aromatic N) is 1. The van der Waals surface area contributed by atoms with Gasteiger partial charge in [-0.2, -0.15) is 0 Å². The molecule has 0 radical (unpaired) electrons. The Bertz CT molecular complexity index is 1040. The Labute approximate surface area is 211 Å². The second kappa shape index (κ2) is 11.6. The lowest BCUT2D eigenvalue weighted by Crippen LogP contribution is -2.43. The van der Waals surface area contributed by atoms with Gasteiger partial charge < -0.3 is 9.16 Å². The van der Waals surface area contributed by atoms with Crippen LogP contribution in [0.5, 0.6) is 0 Å². The minimum Gasteiger partial charge on any atom is -0.466 e. The van der Waals surface area contributed by atoms with E-state index in [9.17, 15) is 9.18 Å². The van der Waals surface area contributed by atoms with Gasteiger partial charge in [0.2, 0.25) is 0 Å². The Morgan fingerprint density at radius 3 is 2.63 bits per heavy atom. The summed E-state index contributed by atoms with van der Waals surface area (Å²) in [6, 6.07) is 13.6. The summed E-state index contributed by atoms with van der Waals surface area (Å²) < 4.78 is 25.0. The van der Waals surface area contributed by atoms with E-state index in [1.165, 1.54) is 30.4 Å². The number of halogens is 1. The maximum atomic E-state index is 13.7. The second-order valence-corrected chi connectivity index (χ2v) is 15.7. The number of hydrogen-bond donors (Lipinski definition) is 0. The molecule has 0 fully saturated rings. The van der Waals surface area contributed by atoms with Crippen molar-refractivity contribution in [1.29, 1.82) is 0 Å². The fraction of sp³-hybridized carbons (Fsp3) is 0.483. The van der Waals surface area contributed by atoms with E-state index < -0.39 is 8.32 Å². The summed E-state index contributed by atoms with van der Waals surface area (Å²) in [7, 11) is -0.446. The number of esters is 1. The number of carbonyl (C=O) groups excluding carboxylic acids is 1. The monoisotopic (exact) mass is 497 g/mol. The molecule has 4 nitrogen and oxygen atoms in total. The zero-order chi connectivity index (χ0) is 25.6. The fourth-order valence-electron chi connectivity index (χ4n) is 4.35. The lowest BCUT2D eigenvalue weighted by Gasteiger charge is -2.37. The maximum absolute atomic E-state index is 13.7. The summed E-state index contributed by atoms with van der Waals surface area (Å²) in [4.78, 5) is 14.0. The fourth-order valence-corrected chi connectivity index (χ4v) is 5.39. The standard InChI is InChI=1S/C29H40FNO3Si/c1-29(2,3)35(5,6)34-19-18-31(17-16-22-8-7-9-25(30)21-22)27-14-12-24-20-23(10-13-26(24)27)11-15-28(32)33-4/h7-11,13,15,20-21,27H,12,14,16-19H2,1-6H3. The number of carbonyl (C=O) groups is 1. The van der Waals surface area contributed by atoms with Gasteiger partial charge in [0.05, 0.1) is 7.11 Å². The summed E-state index contributed by atoms with van der Waals surface area (Å²) in [5.41, 5.74) is 4.68. The van der Waals surface area contributed by atoms with Crippen LogP contribution in [0.2, 0.25) is 18.1 Å². The normalized spacial score (nSPS) is 16.2. The van der Waals surface area contributed by atoms with Crippen LogP contribution < -0.4 is 0 Å². The molecule has 1 unspecified atom stereocenters. The van der Waals surface area contributed by atoms with Crippen LogP contribution in [0.25, 0.3) is 6.08 Å². The second-order valence-electron chi connectivity index (χ2n) is 10.9. The molecule has 0 heterocycles. The van der Waals surface area contributed by atoms with Crippen molar-refractivity contribution >= 4 is 20.4 Å². The maximum Gasteiger partial charge on any atom is 0.330 e. The largest absolute Gasteiger partial charge is 0.466 e. The molecule has 0 N–H and O–H groups in total. The molecule has 35 heavy (non-hydrogen) atoms. The molecule has 1 aliphatic carbocycles. The minimum atomic E-state index is -1.83. The molecular weight excluding hydrogens is 457 g/mol. The van der Waals surface area contributed by atoms with Gasteiger partial charge in [-0.1, -0.05) is 51.1 Å². The number of methoxy groups -OCH3 is 1. The van der Waals surface area contributed by atoms with Gasteiger partial charge in [0.25, 0.3) is 0 Å². The van der Waals surface area contributed by atoms with Crippen molar-refractivity contribution in [1.82, 2.24) is 4.90 Å². The van der Waals surface area contributed by atoms with Crippen molar-refractivity contribution < 1.29 is 18.3 Å². The molecule has 0 bridgehead atoms. The van der Waals surface area contributed by atoms with Crippen molar-refractivity contribution in [2.45, 2.75) is 64.2 Å². The Hall–Kier alpha value is -2.28. The number of aryl methyl sites for hydroxylation is 1. The Morgan fingerprint density at radius 2 is 1.94 bits per heavy atom. The first-order valence-electron chi connectivity index (χ1n) is 12.5. The highest BCUT2D eigenvalue weighted by molar-refractivity contribution is 6.74. The number of benzene rings is 2. The van der Waals surface area contributed by atoms with Gasteiger partial charge >= 0.3 is 5.97 Å². The number of hydrogen-bond acceptors (Lipinski definition) is 4. The van der Waals surface area contributed by atoms with Crippen LogP contribution >= 0.6 is 0 Å². The van der Waals surface area contributed by atoms with E-state index in [1.54, 1.807) is 18.2 Å². The average molecular weight is 498 g/mol. The summed E-state index contributed by atoms with van der Waals surface area (Å²) in [5, 5.41) is 0.174. The molecule has 1 atom stereocenters. The highest BCUT2D eigenvalue weighted by atomic mass is 28.4. The molecule has 0 aliphatic heterocycles. The molecule has 6 heteroatoms. The van der Waals surface area contributed by atoms with E-state index in [1.807, 2.05) is 6.07 Å². The number of rotatable bonds is 10. The SMILES string of the molecule is COC(=O)C=Cc1ccc2c(c1)CCC2N(CCO[Si](C)(C)C(C)(C)C)CCc1cccc(F)c1. The lowest BCUT2D eigenvalue weighted by atomic mass is 10.0. The van der Waals surface area contributed by atoms with E-state index in [4.69, 9.17) is 9.16 Å². The van der Waals surface area contributed by atoms with Crippen molar-refractivity contribution in [3.05, 3.63) is 76.6 Å². The lowest BCUT2D eigenvalue weighted by molar-refractivity contribution is -0.134. The van der Waals surface area contributed by atoms with Crippen molar-refractivity contribution in [3.8, 4) is 0 Å². The predicted molar refractivity (Wildman–Crippen MR) is 143 cm³/mol. The van der Waals surface area contributed by atoms with Crippen LogP contribution in [0.15, 0.2) is 48.5 Å². The smallest absolute Gasteiger partial charge is 0.330 e. The summed E-state index contributed by atoms with van der Waals surface area (Å²) in [5.74, 6) is -0.539. The molecule has 0 aromatic heterocycles. The quantitative estimate of drug-likeness (QED) is 0.212. The third kappa shape index (κ3) is 7.35. The molecule has 190 valence electrons. The molecule has 0 saturated carbocycles. The Balaban J connectivity index is 1.76. The van der Waals surface area contributed by atoms with Crippen molar-refractivity contribution in [2.75, 3.05) is 26.8 Å². The predicted octanol–water partition coefficient (Wildman–Crippen LogP) is 6.57. The first kappa shape index (κ1) is 27.3. The van der Waals surface area contributed by atoms with Gasteiger partial charge in [0.1, 0.15) is 5.82 Å². The van der Waals surface area contributed by atoms with Gasteiger partial charge in [0.15, 0.2) is 8.32 Å². The zero-order valence-electron chi connectivity index (χ0n) is 22.1. The molecule has 3 rings (SSSR count). The Kier molecular flexibility index (Phi) is 9.08. The van der Waals surface area contributed by atoms with E-state index >= 15 is 0 Å². The molecule has 2 aromatic rings. The van der Waals surface area contributed by atoms with Crippen LogP contribution in [-0.4, -0.2) is 46.0 Å². The van der Waals surface area contributed by atoms with E-state index in [0.29, 0.717) is 12.6 Å². The molecular formula is C29H40FNO3Si. The van der Waals surface area contributed by atoms with Crippen LogP contribution in [0.3, 0.4) is 0 Å². The molecule has 0 saturated heterocycles. The third-order valence-electron chi connectivity index (χ3n) is 7.49. The van der Waals surface area contributed by atoms with Crippen molar-refractivity contribution in [3.63, 3.8) is 0 Å². The van der Waals surface area contributed by atoms with E-state index in [-0.39, 0.29) is 16.8 Å². The minimum absolute atomic E-state index is 0.174. The highest BCUT2D eigenvalue weighted by Gasteiger charge is 2.37. The summed E-state index contributed by atoms with van der Waals surface area (Å²) in [6.07, 6.45) is 6.09. The molecule has 2 aromatic carbocycles. The van der Waals surface area contributed by atoms with Gasteiger partial charge in [-0.05, 0) is 77.9 Å². The zero-order valence-corrected chi connectivity index (χ0v) is 23.1.